The van der Waals surface area contributed by atoms with E-state index in [1.165, 1.54) is 6.42 Å². The van der Waals surface area contributed by atoms with Gasteiger partial charge in [0.2, 0.25) is 11.9 Å². The number of piperidine rings is 1. The van der Waals surface area contributed by atoms with E-state index in [2.05, 4.69) is 21.6 Å². The van der Waals surface area contributed by atoms with Crippen molar-refractivity contribution >= 4 is 18.0 Å². The zero-order valence-corrected chi connectivity index (χ0v) is 23.4. The first-order chi connectivity index (χ1) is 18.3. The van der Waals surface area contributed by atoms with Gasteiger partial charge < -0.3 is 29.3 Å². The molecule has 0 aromatic carbocycles. The van der Waals surface area contributed by atoms with Crippen molar-refractivity contribution in [3.05, 3.63) is 0 Å². The molecule has 0 spiro atoms. The lowest BCUT2D eigenvalue weighted by Gasteiger charge is -2.37. The van der Waals surface area contributed by atoms with Gasteiger partial charge in [0, 0.05) is 39.7 Å². The summed E-state index contributed by atoms with van der Waals surface area (Å²) >= 11 is 0. The molecule has 2 N–H and O–H groups in total. The molecule has 1 unspecified atom stereocenters. The molecule has 2 heterocycles. The molecule has 3 fully saturated rings. The number of carbonyl (C=O) groups is 2. The van der Waals surface area contributed by atoms with Gasteiger partial charge in [-0.3, -0.25) is 10.1 Å². The fourth-order valence-electron chi connectivity index (χ4n) is 5.22. The largest absolute Gasteiger partial charge is 0.449 e. The van der Waals surface area contributed by atoms with Crippen LogP contribution in [-0.2, 0) is 19.0 Å². The normalized spacial score (nSPS) is 22.7. The van der Waals surface area contributed by atoms with Gasteiger partial charge in [-0.15, -0.1) is 0 Å². The number of aliphatic imine (C=N–C) groups is 1. The first kappa shape index (κ1) is 30.1. The number of hydrogen-bond donors (Lipinski definition) is 2. The highest BCUT2D eigenvalue weighted by Crippen LogP contribution is 2.29. The van der Waals surface area contributed by atoms with E-state index in [0.29, 0.717) is 63.9 Å². The third-order valence-electron chi connectivity index (χ3n) is 7.96. The molecule has 38 heavy (non-hydrogen) atoms. The van der Waals surface area contributed by atoms with Gasteiger partial charge in [0.05, 0.1) is 32.0 Å². The zero-order valence-electron chi connectivity index (χ0n) is 23.4. The third-order valence-corrected chi connectivity index (χ3v) is 7.96. The lowest BCUT2D eigenvalue weighted by Crippen LogP contribution is -2.56. The molecule has 1 saturated carbocycles. The highest BCUT2D eigenvalue weighted by Gasteiger charge is 2.38. The molecule has 3 rings (SSSR count). The van der Waals surface area contributed by atoms with Gasteiger partial charge in [-0.05, 0) is 39.2 Å². The standard InChI is InChI=1S/C27H46N6O5/c1-21(36-3)9-16-38-26(35)30-25(33-14-17-37-18-15-33)29-23(19-22-7-5-4-6-8-22)24(34)31-27(20-28)10-12-32(2)13-11-27/h21-23H,4-19H2,1-3H3,(H,31,34)(H,29,30,35)/t21?,23-/m0/s1. The van der Waals surface area contributed by atoms with E-state index in [1.807, 2.05) is 18.9 Å². The lowest BCUT2D eigenvalue weighted by atomic mass is 9.84. The maximum absolute atomic E-state index is 13.7. The van der Waals surface area contributed by atoms with Crippen LogP contribution in [-0.4, -0.2) is 106 Å². The van der Waals surface area contributed by atoms with E-state index < -0.39 is 17.7 Å². The monoisotopic (exact) mass is 534 g/mol. The summed E-state index contributed by atoms with van der Waals surface area (Å²) in [5.74, 6) is 0.451. The van der Waals surface area contributed by atoms with E-state index in [-0.39, 0.29) is 18.6 Å². The van der Waals surface area contributed by atoms with Gasteiger partial charge in [0.15, 0.2) is 0 Å². The van der Waals surface area contributed by atoms with Crippen LogP contribution in [0.25, 0.3) is 0 Å². The summed E-state index contributed by atoms with van der Waals surface area (Å²) < 4.78 is 16.1. The van der Waals surface area contributed by atoms with Crippen molar-refractivity contribution in [3.63, 3.8) is 0 Å². The van der Waals surface area contributed by atoms with Crippen molar-refractivity contribution in [1.82, 2.24) is 20.4 Å². The zero-order chi connectivity index (χ0) is 27.4. The van der Waals surface area contributed by atoms with Crippen molar-refractivity contribution < 1.29 is 23.8 Å². The average molecular weight is 535 g/mol. The van der Waals surface area contributed by atoms with E-state index in [1.54, 1.807) is 7.11 Å². The van der Waals surface area contributed by atoms with Crippen molar-refractivity contribution in [3.8, 4) is 6.07 Å². The third kappa shape index (κ3) is 9.40. The Morgan fingerprint density at radius 1 is 1.16 bits per heavy atom. The summed E-state index contributed by atoms with van der Waals surface area (Å²) in [6, 6.07) is 1.67. The van der Waals surface area contributed by atoms with Gasteiger partial charge >= 0.3 is 6.09 Å². The first-order valence-electron chi connectivity index (χ1n) is 14.1. The smallest absolute Gasteiger partial charge is 0.413 e. The fourth-order valence-corrected chi connectivity index (χ4v) is 5.22. The number of morpholine rings is 1. The van der Waals surface area contributed by atoms with E-state index in [0.717, 1.165) is 38.8 Å². The van der Waals surface area contributed by atoms with E-state index in [9.17, 15) is 14.9 Å². The number of ether oxygens (including phenoxy) is 3. The van der Waals surface area contributed by atoms with Crippen molar-refractivity contribution in [2.45, 2.75) is 82.4 Å². The number of hydrogen-bond acceptors (Lipinski definition) is 8. The van der Waals surface area contributed by atoms with Gasteiger partial charge in [-0.1, -0.05) is 32.1 Å². The van der Waals surface area contributed by atoms with Gasteiger partial charge in [-0.25, -0.2) is 9.79 Å². The van der Waals surface area contributed by atoms with E-state index >= 15 is 0 Å². The second kappa shape index (κ2) is 15.2. The van der Waals surface area contributed by atoms with E-state index in [4.69, 9.17) is 19.2 Å². The minimum absolute atomic E-state index is 0.0224. The molecule has 11 heteroatoms. The molecular weight excluding hydrogens is 488 g/mol. The average Bonchev–Trinajstić information content (AvgIpc) is 2.94. The summed E-state index contributed by atoms with van der Waals surface area (Å²) in [6.45, 7) is 5.73. The van der Waals surface area contributed by atoms with Gasteiger partial charge in [-0.2, -0.15) is 5.26 Å². The molecule has 214 valence electrons. The molecule has 0 aromatic heterocycles. The highest BCUT2D eigenvalue weighted by atomic mass is 16.6. The quantitative estimate of drug-likeness (QED) is 0.341. The number of rotatable bonds is 9. The van der Waals surface area contributed by atoms with Gasteiger partial charge in [0.25, 0.3) is 0 Å². The molecule has 0 bridgehead atoms. The Balaban J connectivity index is 1.79. The van der Waals surface area contributed by atoms with Crippen LogP contribution in [0.5, 0.6) is 0 Å². The topological polar surface area (TPSA) is 129 Å². The predicted octanol–water partition coefficient (Wildman–Crippen LogP) is 2.27. The van der Waals surface area contributed by atoms with Crippen molar-refractivity contribution in [2.75, 3.05) is 60.2 Å². The Morgan fingerprint density at radius 2 is 1.84 bits per heavy atom. The molecule has 3 aliphatic rings. The Kier molecular flexibility index (Phi) is 12.1. The summed E-state index contributed by atoms with van der Waals surface area (Å²) in [6.07, 6.45) is 7.32. The number of guanidine groups is 1. The Hall–Kier alpha value is -2.42. The number of carbonyl (C=O) groups excluding carboxylic acids is 2. The molecule has 2 atom stereocenters. The summed E-state index contributed by atoms with van der Waals surface area (Å²) in [7, 11) is 3.64. The first-order valence-corrected chi connectivity index (χ1v) is 14.1. The molecule has 1 aliphatic carbocycles. The Labute approximate surface area is 227 Å². The van der Waals surface area contributed by atoms with Crippen LogP contribution in [0.15, 0.2) is 4.99 Å². The molecule has 2 saturated heterocycles. The summed E-state index contributed by atoms with van der Waals surface area (Å²) in [5, 5.41) is 15.9. The molecule has 0 radical (unpaired) electrons. The number of nitrogens with one attached hydrogen (secondary N) is 2. The van der Waals surface area contributed by atoms with Crippen LogP contribution in [0.4, 0.5) is 4.79 Å². The molecular formula is C27H46N6O5. The SMILES string of the molecule is COC(C)CCOC(=O)NC(=N[C@@H](CC1CCCCC1)C(=O)NC1(C#N)CCN(C)CC1)N1CCOCC1. The molecule has 11 nitrogen and oxygen atoms in total. The predicted molar refractivity (Wildman–Crippen MR) is 144 cm³/mol. The van der Waals surface area contributed by atoms with Crippen LogP contribution in [0.1, 0.15) is 64.7 Å². The molecule has 2 amide bonds. The maximum atomic E-state index is 13.7. The van der Waals surface area contributed by atoms with Crippen molar-refractivity contribution in [2.24, 2.45) is 10.9 Å². The summed E-state index contributed by atoms with van der Waals surface area (Å²) in [5.41, 5.74) is -0.895. The number of likely N-dealkylation sites (tertiary alicyclic amines) is 1. The Morgan fingerprint density at radius 3 is 2.47 bits per heavy atom. The van der Waals surface area contributed by atoms with Crippen LogP contribution in [0.3, 0.4) is 0 Å². The van der Waals surface area contributed by atoms with Crippen LogP contribution in [0.2, 0.25) is 0 Å². The second-order valence-corrected chi connectivity index (χ2v) is 10.9. The minimum atomic E-state index is -0.895. The number of methoxy groups -OCH3 is 1. The van der Waals surface area contributed by atoms with Crippen LogP contribution in [0, 0.1) is 17.2 Å². The number of nitrogens with zero attached hydrogens (tertiary/aromatic N) is 4. The second-order valence-electron chi connectivity index (χ2n) is 10.9. The van der Waals surface area contributed by atoms with Gasteiger partial charge in [0.1, 0.15) is 11.6 Å². The molecule has 0 aromatic rings. The number of alkyl carbamates (subject to hydrolysis) is 1. The Bertz CT molecular complexity index is 826. The molecule has 2 aliphatic heterocycles. The van der Waals surface area contributed by atoms with Crippen LogP contribution >= 0.6 is 0 Å². The number of amides is 2. The van der Waals surface area contributed by atoms with Crippen LogP contribution < -0.4 is 10.6 Å². The summed E-state index contributed by atoms with van der Waals surface area (Å²) in [4.78, 5) is 35.4. The highest BCUT2D eigenvalue weighted by molar-refractivity contribution is 5.96. The maximum Gasteiger partial charge on any atom is 0.413 e. The minimum Gasteiger partial charge on any atom is -0.449 e. The van der Waals surface area contributed by atoms with Crippen molar-refractivity contribution in [1.29, 1.82) is 5.26 Å². The number of nitriles is 1. The fraction of sp³-hybridized carbons (Fsp3) is 0.852. The lowest BCUT2D eigenvalue weighted by molar-refractivity contribution is -0.124.